The van der Waals surface area contributed by atoms with Crippen molar-refractivity contribution in [1.82, 2.24) is 104 Å². The molecule has 4 fully saturated rings. The summed E-state index contributed by atoms with van der Waals surface area (Å²) in [5.74, 6) is 4.51. The second kappa shape index (κ2) is 23.4. The fourth-order valence-electron chi connectivity index (χ4n) is 12.5. The fraction of sp³-hybridized carbons (Fsp3) is 0.446. The fourth-order valence-corrected chi connectivity index (χ4v) is 12.6. The molecule has 11 N–H and O–H groups in total. The minimum absolute atomic E-state index is 0.129. The summed E-state index contributed by atoms with van der Waals surface area (Å²) in [6.45, 7) is 9.24. The van der Waals surface area contributed by atoms with Gasteiger partial charge in [0, 0.05) is 11.6 Å². The van der Waals surface area contributed by atoms with Crippen LogP contribution in [0, 0.1) is 34.6 Å². The van der Waals surface area contributed by atoms with Gasteiger partial charge in [-0.25, -0.2) is 43.5 Å². The molecule has 0 saturated heterocycles. The third kappa shape index (κ3) is 10.8. The minimum atomic E-state index is -0.473. The molecule has 456 valence electrons. The zero-order valence-electron chi connectivity index (χ0n) is 49.1. The first kappa shape index (κ1) is 57.2. The number of nitrogens with one attached hydrogen (secondary N) is 1. The van der Waals surface area contributed by atoms with Gasteiger partial charge >= 0.3 is 5.69 Å². The first-order valence-electron chi connectivity index (χ1n) is 29.5. The maximum Gasteiger partial charge on any atom is 0.348 e. The van der Waals surface area contributed by atoms with Gasteiger partial charge in [-0.15, -0.1) is 0 Å². The summed E-state index contributed by atoms with van der Waals surface area (Å²) in [6.07, 6.45) is 21.3. The number of aryl methyl sites for hydroxylation is 5. The summed E-state index contributed by atoms with van der Waals surface area (Å²) in [5, 5.41) is 33.1. The van der Waals surface area contributed by atoms with Crippen molar-refractivity contribution < 1.29 is 18.0 Å². The zero-order valence-corrected chi connectivity index (χ0v) is 49.9. The quantitative estimate of drug-likeness (QED) is 0.0771. The highest BCUT2D eigenvalue weighted by atomic mass is 35.5. The van der Waals surface area contributed by atoms with Crippen molar-refractivity contribution in [2.75, 3.05) is 28.7 Å². The Bertz CT molecular complexity index is 4450. The molecule has 0 atom stereocenters. The number of oxazole rings is 1. The molecule has 0 aromatic carbocycles. The minimum Gasteiger partial charge on any atom is -0.443 e. The van der Waals surface area contributed by atoms with Crippen LogP contribution in [0.3, 0.4) is 0 Å². The van der Waals surface area contributed by atoms with Crippen LogP contribution in [0.2, 0.25) is 5.28 Å². The van der Waals surface area contributed by atoms with Crippen LogP contribution in [-0.2, 0) is 0 Å². The van der Waals surface area contributed by atoms with Gasteiger partial charge in [-0.2, -0.15) is 45.3 Å². The van der Waals surface area contributed by atoms with Crippen molar-refractivity contribution in [1.29, 1.82) is 0 Å². The van der Waals surface area contributed by atoms with Crippen LogP contribution in [0.15, 0.2) is 41.3 Å². The molecule has 32 heteroatoms. The maximum atomic E-state index is 11.7. The van der Waals surface area contributed by atoms with Crippen molar-refractivity contribution >= 4 is 85.0 Å². The molecule has 12 aromatic heterocycles. The van der Waals surface area contributed by atoms with Gasteiger partial charge in [0.15, 0.2) is 51.3 Å². The van der Waals surface area contributed by atoms with Crippen LogP contribution < -0.4 is 34.4 Å². The number of fused-ring (bicyclic) bond motifs is 4. The molecule has 0 bridgehead atoms. The molecule has 12 aromatic rings. The Hall–Kier alpha value is -9.94. The standard InChI is InChI=1S/C15H18N6O.C14H15ClN6O.C14H16N6O2.C13H16N8O/c1-8-7-17-22-13(8)12-11-14(16)18-9(2)19-15(11)21(20-12)10-5-3-4-6-10;1-7-6-9(22-20-7)11-10-12(16)17-14(15)18-13(10)21(19-11)8-4-2-3-5-8;1-7-6-22-13(16-7)10-9-11(15)17-14(21)18-12(9)20(19-10)8-4-2-3-5-8;1-6-16-12(22-20-6)9-8-10(14)17-13(15)18-11(8)21(19-9)7-4-2-3-5-7/h7,10H,3-6H2,1-2H3,(H2,16,18,19);6,8H,2-5H2,1H3,(H2,16,17,18);6,8H,2-5H2,1H3,(H3,15,17,18,21);7H,2-5H2,1H3,(H4,14,15,17,18). The van der Waals surface area contributed by atoms with Crippen LogP contribution in [0.1, 0.15) is 156 Å². The van der Waals surface area contributed by atoms with Crippen LogP contribution in [0.5, 0.6) is 0 Å². The van der Waals surface area contributed by atoms with E-state index in [4.69, 9.17) is 68.5 Å². The molecule has 12 heterocycles. The van der Waals surface area contributed by atoms with Gasteiger partial charge in [0.25, 0.3) is 5.89 Å². The summed E-state index contributed by atoms with van der Waals surface area (Å²) >= 11 is 5.98. The molecule has 88 heavy (non-hydrogen) atoms. The molecule has 4 aliphatic rings. The van der Waals surface area contributed by atoms with Crippen LogP contribution in [0.25, 0.3) is 90.2 Å². The monoisotopic (exact) mass is 1220 g/mol. The van der Waals surface area contributed by atoms with E-state index in [1.54, 1.807) is 19.4 Å². The van der Waals surface area contributed by atoms with Crippen LogP contribution in [-0.4, -0.2) is 104 Å². The highest BCUT2D eigenvalue weighted by molar-refractivity contribution is 6.29. The van der Waals surface area contributed by atoms with E-state index in [1.165, 1.54) is 38.5 Å². The van der Waals surface area contributed by atoms with E-state index in [2.05, 4.69) is 75.5 Å². The molecule has 4 aliphatic carbocycles. The number of halogens is 1. The Labute approximate surface area is 504 Å². The molecule has 0 unspecified atom stereocenters. The highest BCUT2D eigenvalue weighted by Crippen LogP contribution is 2.41. The lowest BCUT2D eigenvalue weighted by molar-refractivity contribution is 0.421. The van der Waals surface area contributed by atoms with E-state index in [0.29, 0.717) is 115 Å². The van der Waals surface area contributed by atoms with Gasteiger partial charge in [0.05, 0.1) is 63.3 Å². The molecule has 0 radical (unpaired) electrons. The van der Waals surface area contributed by atoms with Gasteiger partial charge in [-0.3, -0.25) is 4.98 Å². The number of rotatable bonds is 8. The van der Waals surface area contributed by atoms with Gasteiger partial charge in [-0.05, 0) is 97.6 Å². The highest BCUT2D eigenvalue weighted by Gasteiger charge is 2.32. The first-order valence-corrected chi connectivity index (χ1v) is 29.8. The Balaban J connectivity index is 0.000000108. The molecule has 4 saturated carbocycles. The van der Waals surface area contributed by atoms with Crippen molar-refractivity contribution in [2.45, 2.75) is 162 Å². The van der Waals surface area contributed by atoms with Crippen LogP contribution >= 0.6 is 11.6 Å². The molecular formula is C56H65ClN26O5. The van der Waals surface area contributed by atoms with Crippen molar-refractivity contribution in [3.05, 3.63) is 62.9 Å². The molecule has 0 amide bonds. The van der Waals surface area contributed by atoms with Crippen LogP contribution in [0.4, 0.5) is 29.2 Å². The molecule has 16 rings (SSSR count). The average Bonchev–Trinajstić information content (AvgIpc) is 2.09. The first-order chi connectivity index (χ1) is 42.5. The predicted molar refractivity (Wildman–Crippen MR) is 325 cm³/mol. The Kier molecular flexibility index (Phi) is 15.2. The predicted octanol–water partition coefficient (Wildman–Crippen LogP) is 9.18. The number of anilines is 5. The molecule has 0 aliphatic heterocycles. The third-order valence-corrected chi connectivity index (χ3v) is 16.7. The lowest BCUT2D eigenvalue weighted by atomic mass is 10.2. The SMILES string of the molecule is Cc1cc(-c2nn(C3CCCC3)c3nc(Cl)nc(N)c23)on1.Cc1coc(-c2nn(C3CCCC3)c3nc(=O)[nH]c(N)c23)n1.Cc1nc(N)c2c(-c3oncc3C)nn(C3CCCC3)c2n1.Cc1noc(-c2nn(C3CCCC3)c3nc(N)nc(N)c23)n1. The Morgan fingerprint density at radius 1 is 0.500 bits per heavy atom. The molecular weight excluding hydrogens is 1150 g/mol. The third-order valence-electron chi connectivity index (χ3n) is 16.5. The number of hydrogen-bond donors (Lipinski definition) is 6. The van der Waals surface area contributed by atoms with E-state index >= 15 is 0 Å². The smallest absolute Gasteiger partial charge is 0.348 e. The number of nitrogen functional groups attached to an aromatic ring is 5. The molecule has 0 spiro atoms. The Morgan fingerprint density at radius 3 is 1.55 bits per heavy atom. The number of aromatic amines is 1. The number of hydrogen-bond acceptors (Lipinski definition) is 26. The lowest BCUT2D eigenvalue weighted by Crippen LogP contribution is -2.15. The van der Waals surface area contributed by atoms with Gasteiger partial charge < -0.3 is 46.7 Å². The Morgan fingerprint density at radius 2 is 1.01 bits per heavy atom. The number of aromatic nitrogens is 21. The summed E-state index contributed by atoms with van der Waals surface area (Å²) in [5.41, 5.74) is 36.9. The normalized spacial score (nSPS) is 15.9. The maximum absolute atomic E-state index is 11.7. The summed E-state index contributed by atoms with van der Waals surface area (Å²) in [4.78, 5) is 52.5. The van der Waals surface area contributed by atoms with Crippen molar-refractivity contribution in [2.24, 2.45) is 0 Å². The second-order valence-electron chi connectivity index (χ2n) is 22.8. The van der Waals surface area contributed by atoms with E-state index in [1.807, 2.05) is 52.5 Å². The topological polar surface area (TPSA) is 441 Å². The number of H-pyrrole nitrogens is 1. The van der Waals surface area contributed by atoms with Gasteiger partial charge in [0.2, 0.25) is 17.1 Å². The molecule has 31 nitrogen and oxygen atoms in total. The summed E-state index contributed by atoms with van der Waals surface area (Å²) in [7, 11) is 0. The van der Waals surface area contributed by atoms with E-state index in [-0.39, 0.29) is 35.0 Å². The average molecular weight is 1220 g/mol. The van der Waals surface area contributed by atoms with E-state index in [9.17, 15) is 4.79 Å². The van der Waals surface area contributed by atoms with Crippen molar-refractivity contribution in [3.8, 4) is 46.1 Å². The van der Waals surface area contributed by atoms with E-state index < -0.39 is 5.69 Å². The van der Waals surface area contributed by atoms with Gasteiger partial charge in [-0.1, -0.05) is 66.8 Å². The van der Waals surface area contributed by atoms with Gasteiger partial charge in [0.1, 0.15) is 46.7 Å². The van der Waals surface area contributed by atoms with E-state index in [0.717, 1.165) is 92.2 Å². The summed E-state index contributed by atoms with van der Waals surface area (Å²) in [6, 6.07) is 3.03. The zero-order chi connectivity index (χ0) is 61.1. The second-order valence-corrected chi connectivity index (χ2v) is 23.1. The number of nitrogens with zero attached hydrogens (tertiary/aromatic N) is 20. The lowest BCUT2D eigenvalue weighted by Gasteiger charge is -2.10. The summed E-state index contributed by atoms with van der Waals surface area (Å²) < 4.78 is 29.0. The number of nitrogens with two attached hydrogens (primary N) is 5. The largest absolute Gasteiger partial charge is 0.443 e. The van der Waals surface area contributed by atoms with Crippen molar-refractivity contribution in [3.63, 3.8) is 0 Å².